The number of carbonyl (C=O) groups excluding carboxylic acids is 2. The Kier molecular flexibility index (Phi) is 7.93. The second-order valence-electron chi connectivity index (χ2n) is 9.65. The van der Waals surface area contributed by atoms with Crippen LogP contribution in [0.3, 0.4) is 0 Å². The van der Waals surface area contributed by atoms with E-state index in [1.807, 2.05) is 0 Å². The molecule has 0 spiro atoms. The average molecular weight is 496 g/mol. The topological polar surface area (TPSA) is 103 Å². The first-order chi connectivity index (χ1) is 17.3. The molecule has 36 heavy (non-hydrogen) atoms. The molecular formula is C26H37N7O3. The molecule has 1 unspecified atom stereocenters. The first kappa shape index (κ1) is 25.7. The Balaban J connectivity index is 1.55. The van der Waals surface area contributed by atoms with Gasteiger partial charge in [-0.05, 0) is 64.5 Å². The van der Waals surface area contributed by atoms with E-state index < -0.39 is 0 Å². The third-order valence-electron chi connectivity index (χ3n) is 7.21. The molecule has 2 aromatic rings. The summed E-state index contributed by atoms with van der Waals surface area (Å²) >= 11 is 0. The van der Waals surface area contributed by atoms with Gasteiger partial charge in [0, 0.05) is 37.7 Å². The smallest absolute Gasteiger partial charge is 0.251 e. The molecule has 2 aliphatic rings. The fourth-order valence-corrected chi connectivity index (χ4v) is 4.63. The van der Waals surface area contributed by atoms with Crippen molar-refractivity contribution in [1.82, 2.24) is 20.2 Å². The lowest BCUT2D eigenvalue weighted by Gasteiger charge is -2.29. The first-order valence-corrected chi connectivity index (χ1v) is 12.6. The van der Waals surface area contributed by atoms with Gasteiger partial charge in [-0.25, -0.2) is 4.98 Å². The minimum absolute atomic E-state index is 0.0437. The number of likely N-dealkylation sites (tertiary alicyclic amines) is 1. The van der Waals surface area contributed by atoms with Crippen LogP contribution in [0.15, 0.2) is 24.4 Å². The SMILES string of the molecule is CCC(C)N1CCC(=O)N(C)c2cnc(Nc3ccc(C(=O)NC4CCN(C)CC4)cc3OC)nc21. The Hall–Kier alpha value is -3.40. The number of hydrogen-bond donors (Lipinski definition) is 2. The Labute approximate surface area is 213 Å². The van der Waals surface area contributed by atoms with E-state index in [4.69, 9.17) is 9.72 Å². The molecule has 10 heteroatoms. The number of nitrogens with zero attached hydrogens (tertiary/aromatic N) is 5. The Morgan fingerprint density at radius 3 is 2.67 bits per heavy atom. The maximum Gasteiger partial charge on any atom is 0.251 e. The molecule has 0 aliphatic carbocycles. The number of nitrogens with one attached hydrogen (secondary N) is 2. The molecule has 1 saturated heterocycles. The molecular weight excluding hydrogens is 458 g/mol. The van der Waals surface area contributed by atoms with Crippen LogP contribution in [0.5, 0.6) is 5.75 Å². The molecule has 194 valence electrons. The van der Waals surface area contributed by atoms with Crippen LogP contribution in [0.2, 0.25) is 0 Å². The summed E-state index contributed by atoms with van der Waals surface area (Å²) in [5, 5.41) is 6.38. The van der Waals surface area contributed by atoms with Gasteiger partial charge in [-0.2, -0.15) is 4.98 Å². The lowest BCUT2D eigenvalue weighted by Crippen LogP contribution is -2.43. The zero-order valence-corrected chi connectivity index (χ0v) is 21.9. The third-order valence-corrected chi connectivity index (χ3v) is 7.21. The normalized spacial score (nSPS) is 17.9. The predicted molar refractivity (Wildman–Crippen MR) is 141 cm³/mol. The number of carbonyl (C=O) groups is 2. The first-order valence-electron chi connectivity index (χ1n) is 12.6. The van der Waals surface area contributed by atoms with Crippen LogP contribution in [0.4, 0.5) is 23.1 Å². The summed E-state index contributed by atoms with van der Waals surface area (Å²) in [6, 6.07) is 5.72. The van der Waals surface area contributed by atoms with E-state index in [1.165, 1.54) is 0 Å². The zero-order chi connectivity index (χ0) is 25.8. The van der Waals surface area contributed by atoms with Crippen LogP contribution in [0.1, 0.15) is 49.9 Å². The maximum absolute atomic E-state index is 12.8. The van der Waals surface area contributed by atoms with Crippen molar-refractivity contribution in [1.29, 1.82) is 0 Å². The van der Waals surface area contributed by atoms with Crippen LogP contribution >= 0.6 is 0 Å². The highest BCUT2D eigenvalue weighted by molar-refractivity contribution is 5.97. The molecule has 1 atom stereocenters. The number of methoxy groups -OCH3 is 1. The molecule has 3 heterocycles. The number of hydrogen-bond acceptors (Lipinski definition) is 8. The highest BCUT2D eigenvalue weighted by atomic mass is 16.5. The van der Waals surface area contributed by atoms with Gasteiger partial charge in [-0.15, -0.1) is 0 Å². The molecule has 4 rings (SSSR count). The average Bonchev–Trinajstić information content (AvgIpc) is 3.01. The van der Waals surface area contributed by atoms with Crippen LogP contribution < -0.4 is 25.2 Å². The van der Waals surface area contributed by atoms with Crippen molar-refractivity contribution in [3.63, 3.8) is 0 Å². The summed E-state index contributed by atoms with van der Waals surface area (Å²) in [7, 11) is 5.43. The van der Waals surface area contributed by atoms with Gasteiger partial charge in [-0.3, -0.25) is 9.59 Å². The van der Waals surface area contributed by atoms with Gasteiger partial charge >= 0.3 is 0 Å². The summed E-state index contributed by atoms with van der Waals surface area (Å²) in [6.45, 7) is 6.82. The molecule has 2 aliphatic heterocycles. The van der Waals surface area contributed by atoms with Crippen molar-refractivity contribution in [2.24, 2.45) is 0 Å². The predicted octanol–water partition coefficient (Wildman–Crippen LogP) is 3.02. The minimum atomic E-state index is -0.104. The van der Waals surface area contributed by atoms with Crippen molar-refractivity contribution in [3.8, 4) is 5.75 Å². The van der Waals surface area contributed by atoms with Crippen molar-refractivity contribution < 1.29 is 14.3 Å². The van der Waals surface area contributed by atoms with Crippen LogP contribution in [-0.4, -0.2) is 79.6 Å². The molecule has 0 radical (unpaired) electrons. The summed E-state index contributed by atoms with van der Waals surface area (Å²) in [5.74, 6) is 1.58. The fraction of sp³-hybridized carbons (Fsp3) is 0.538. The second kappa shape index (κ2) is 11.1. The van der Waals surface area contributed by atoms with Crippen LogP contribution in [0.25, 0.3) is 0 Å². The van der Waals surface area contributed by atoms with E-state index in [1.54, 1.807) is 43.5 Å². The lowest BCUT2D eigenvalue weighted by molar-refractivity contribution is -0.118. The van der Waals surface area contributed by atoms with Gasteiger partial charge in [0.15, 0.2) is 5.82 Å². The van der Waals surface area contributed by atoms with Gasteiger partial charge in [0.25, 0.3) is 5.91 Å². The van der Waals surface area contributed by atoms with E-state index in [9.17, 15) is 9.59 Å². The zero-order valence-electron chi connectivity index (χ0n) is 21.9. The van der Waals surface area contributed by atoms with Crippen LogP contribution in [-0.2, 0) is 4.79 Å². The van der Waals surface area contributed by atoms with Gasteiger partial charge in [0.1, 0.15) is 11.4 Å². The summed E-state index contributed by atoms with van der Waals surface area (Å²) < 4.78 is 5.58. The number of rotatable bonds is 7. The van der Waals surface area contributed by atoms with Crippen molar-refractivity contribution >= 4 is 35.0 Å². The molecule has 0 saturated carbocycles. The fourth-order valence-electron chi connectivity index (χ4n) is 4.63. The number of aromatic nitrogens is 2. The Bertz CT molecular complexity index is 1100. The maximum atomic E-state index is 12.8. The quantitative estimate of drug-likeness (QED) is 0.604. The lowest BCUT2D eigenvalue weighted by atomic mass is 10.0. The van der Waals surface area contributed by atoms with Gasteiger partial charge < -0.3 is 30.1 Å². The number of anilines is 4. The summed E-state index contributed by atoms with van der Waals surface area (Å²) in [4.78, 5) is 40.7. The van der Waals surface area contributed by atoms with Crippen molar-refractivity contribution in [2.75, 3.05) is 56.0 Å². The number of ether oxygens (including phenoxy) is 1. The van der Waals surface area contributed by atoms with E-state index in [-0.39, 0.29) is 23.9 Å². The van der Waals surface area contributed by atoms with E-state index in [0.717, 1.165) is 38.2 Å². The Morgan fingerprint density at radius 1 is 1.22 bits per heavy atom. The molecule has 0 bridgehead atoms. The largest absolute Gasteiger partial charge is 0.495 e. The molecule has 1 aromatic heterocycles. The van der Waals surface area contributed by atoms with E-state index >= 15 is 0 Å². The highest BCUT2D eigenvalue weighted by Gasteiger charge is 2.28. The highest BCUT2D eigenvalue weighted by Crippen LogP contribution is 2.34. The standard InChI is InChI=1S/C26H37N7O3/c1-6-17(2)33-14-11-23(34)32(4)21-16-27-26(30-24(21)33)29-20-8-7-18(15-22(20)36-5)25(35)28-19-9-12-31(3)13-10-19/h7-8,15-17,19H,6,9-14H2,1-5H3,(H,28,35)(H,27,29,30). The van der Waals surface area contributed by atoms with Gasteiger partial charge in [0.05, 0.1) is 19.0 Å². The van der Waals surface area contributed by atoms with Crippen LogP contribution in [0, 0.1) is 0 Å². The second-order valence-corrected chi connectivity index (χ2v) is 9.65. The number of piperidine rings is 1. The summed E-state index contributed by atoms with van der Waals surface area (Å²) in [6.07, 6.45) is 4.93. The monoisotopic (exact) mass is 495 g/mol. The Morgan fingerprint density at radius 2 is 1.97 bits per heavy atom. The van der Waals surface area contributed by atoms with Crippen molar-refractivity contribution in [3.05, 3.63) is 30.0 Å². The molecule has 10 nitrogen and oxygen atoms in total. The molecule has 1 aromatic carbocycles. The molecule has 2 amide bonds. The van der Waals surface area contributed by atoms with E-state index in [0.29, 0.717) is 41.6 Å². The molecule has 1 fully saturated rings. The van der Waals surface area contributed by atoms with Crippen molar-refractivity contribution in [2.45, 2.75) is 51.6 Å². The van der Waals surface area contributed by atoms with E-state index in [2.05, 4.69) is 46.3 Å². The third kappa shape index (κ3) is 5.53. The minimum Gasteiger partial charge on any atom is -0.495 e. The molecule has 2 N–H and O–H groups in total. The summed E-state index contributed by atoms with van der Waals surface area (Å²) in [5.41, 5.74) is 1.89. The number of amides is 2. The van der Waals surface area contributed by atoms with Gasteiger partial charge in [-0.1, -0.05) is 6.92 Å². The number of benzene rings is 1. The van der Waals surface area contributed by atoms with Gasteiger partial charge in [0.2, 0.25) is 11.9 Å². The number of fused-ring (bicyclic) bond motifs is 1.